The molecule has 0 saturated carbocycles. The molecule has 0 aromatic heterocycles. The highest BCUT2D eigenvalue weighted by molar-refractivity contribution is 9.10. The molecule has 1 unspecified atom stereocenters. The highest BCUT2D eigenvalue weighted by atomic mass is 79.9. The number of likely N-dealkylation sites (tertiary alicyclic amines) is 1. The first-order chi connectivity index (χ1) is 9.02. The van der Waals surface area contributed by atoms with Crippen LogP contribution in [0.5, 0.6) is 0 Å². The molecular formula is C13H14BrClN2O2. The average molecular weight is 346 g/mol. The van der Waals surface area contributed by atoms with Crippen LogP contribution in [0.25, 0.3) is 0 Å². The van der Waals surface area contributed by atoms with E-state index in [4.69, 9.17) is 11.6 Å². The summed E-state index contributed by atoms with van der Waals surface area (Å²) >= 11 is 9.26. The van der Waals surface area contributed by atoms with Gasteiger partial charge in [0.05, 0.1) is 0 Å². The van der Waals surface area contributed by atoms with Crippen LogP contribution in [-0.4, -0.2) is 36.3 Å². The molecule has 0 bridgehead atoms. The van der Waals surface area contributed by atoms with Crippen molar-refractivity contribution < 1.29 is 9.59 Å². The number of nitrogens with one attached hydrogen (secondary N) is 1. The van der Waals surface area contributed by atoms with Crippen LogP contribution < -0.4 is 5.32 Å². The summed E-state index contributed by atoms with van der Waals surface area (Å²) in [6.07, 6.45) is 1.54. The van der Waals surface area contributed by atoms with E-state index in [1.165, 1.54) is 0 Å². The third-order valence-electron chi connectivity index (χ3n) is 3.17. The monoisotopic (exact) mass is 344 g/mol. The molecule has 102 valence electrons. The number of carbonyl (C=O) groups is 2. The Hall–Kier alpha value is -1.07. The zero-order valence-corrected chi connectivity index (χ0v) is 12.8. The first-order valence-corrected chi connectivity index (χ1v) is 7.18. The molecular weight excluding hydrogens is 332 g/mol. The fraction of sp³-hybridized carbons (Fsp3) is 0.385. The molecule has 1 heterocycles. The van der Waals surface area contributed by atoms with Gasteiger partial charge in [0.15, 0.2) is 0 Å². The molecule has 1 aromatic carbocycles. The number of benzene rings is 1. The first kappa shape index (κ1) is 14.3. The summed E-state index contributed by atoms with van der Waals surface area (Å²) in [5.74, 6) is -0.277. The summed E-state index contributed by atoms with van der Waals surface area (Å²) in [6, 6.07) is 4.68. The van der Waals surface area contributed by atoms with E-state index in [2.05, 4.69) is 21.2 Å². The van der Waals surface area contributed by atoms with Crippen molar-refractivity contribution in [3.8, 4) is 0 Å². The number of amides is 2. The molecule has 4 nitrogen and oxygen atoms in total. The summed E-state index contributed by atoms with van der Waals surface area (Å²) in [4.78, 5) is 25.8. The van der Waals surface area contributed by atoms with Gasteiger partial charge in [0, 0.05) is 28.7 Å². The van der Waals surface area contributed by atoms with Crippen LogP contribution in [0, 0.1) is 0 Å². The number of likely N-dealkylation sites (N-methyl/N-ethyl adjacent to an activating group) is 1. The fourth-order valence-electron chi connectivity index (χ4n) is 2.29. The van der Waals surface area contributed by atoms with Crippen LogP contribution in [0.3, 0.4) is 0 Å². The molecule has 2 amide bonds. The zero-order chi connectivity index (χ0) is 14.0. The smallest absolute Gasteiger partial charge is 0.254 e. The number of nitrogens with zero attached hydrogens (tertiary/aromatic N) is 1. The van der Waals surface area contributed by atoms with E-state index >= 15 is 0 Å². The van der Waals surface area contributed by atoms with Gasteiger partial charge in [-0.1, -0.05) is 27.5 Å². The predicted molar refractivity (Wildman–Crippen MR) is 77.3 cm³/mol. The van der Waals surface area contributed by atoms with Gasteiger partial charge in [-0.25, -0.2) is 0 Å². The average Bonchev–Trinajstić information content (AvgIpc) is 2.84. The minimum absolute atomic E-state index is 0.119. The van der Waals surface area contributed by atoms with Crippen molar-refractivity contribution in [2.45, 2.75) is 18.9 Å². The van der Waals surface area contributed by atoms with E-state index < -0.39 is 0 Å². The van der Waals surface area contributed by atoms with Gasteiger partial charge in [0.1, 0.15) is 6.04 Å². The predicted octanol–water partition coefficient (Wildman–Crippen LogP) is 2.45. The Labute approximate surface area is 125 Å². The molecule has 2 rings (SSSR count). The second-order valence-corrected chi connectivity index (χ2v) is 5.78. The van der Waals surface area contributed by atoms with Gasteiger partial charge in [-0.2, -0.15) is 0 Å². The van der Waals surface area contributed by atoms with Crippen molar-refractivity contribution >= 4 is 39.3 Å². The lowest BCUT2D eigenvalue weighted by Gasteiger charge is -2.23. The van der Waals surface area contributed by atoms with E-state index in [0.29, 0.717) is 23.6 Å². The maximum Gasteiger partial charge on any atom is 0.254 e. The Bertz CT molecular complexity index is 501. The molecule has 1 aliphatic heterocycles. The summed E-state index contributed by atoms with van der Waals surface area (Å²) in [5, 5.41) is 3.09. The Balaban J connectivity index is 2.25. The minimum Gasteiger partial charge on any atom is -0.357 e. The van der Waals surface area contributed by atoms with Gasteiger partial charge >= 0.3 is 0 Å². The lowest BCUT2D eigenvalue weighted by Crippen LogP contribution is -2.44. The maximum atomic E-state index is 12.4. The number of carbonyl (C=O) groups excluding carboxylic acids is 2. The molecule has 0 spiro atoms. The van der Waals surface area contributed by atoms with Crippen LogP contribution in [-0.2, 0) is 4.79 Å². The molecule has 1 saturated heterocycles. The molecule has 1 fully saturated rings. The number of hydrogen-bond donors (Lipinski definition) is 1. The highest BCUT2D eigenvalue weighted by Gasteiger charge is 2.34. The molecule has 19 heavy (non-hydrogen) atoms. The van der Waals surface area contributed by atoms with Crippen LogP contribution in [0.15, 0.2) is 22.7 Å². The lowest BCUT2D eigenvalue weighted by molar-refractivity contribution is -0.124. The van der Waals surface area contributed by atoms with Crippen LogP contribution in [0.2, 0.25) is 5.02 Å². The van der Waals surface area contributed by atoms with Crippen LogP contribution in [0.1, 0.15) is 23.2 Å². The number of halogens is 2. The van der Waals surface area contributed by atoms with Crippen molar-refractivity contribution in [1.29, 1.82) is 0 Å². The summed E-state index contributed by atoms with van der Waals surface area (Å²) in [5.41, 5.74) is 0.496. The van der Waals surface area contributed by atoms with Gasteiger partial charge in [-0.3, -0.25) is 9.59 Å². The van der Waals surface area contributed by atoms with Gasteiger partial charge in [0.2, 0.25) is 5.91 Å². The third-order valence-corrected chi connectivity index (χ3v) is 3.85. The summed E-state index contributed by atoms with van der Waals surface area (Å²) in [7, 11) is 1.58. The minimum atomic E-state index is -0.379. The number of rotatable bonds is 2. The van der Waals surface area contributed by atoms with E-state index in [0.717, 1.165) is 10.9 Å². The van der Waals surface area contributed by atoms with Crippen molar-refractivity contribution in [2.24, 2.45) is 0 Å². The van der Waals surface area contributed by atoms with Crippen LogP contribution in [0.4, 0.5) is 0 Å². The SMILES string of the molecule is CNC(=O)C1CCCN1C(=O)c1cc(Cl)cc(Br)c1. The van der Waals surface area contributed by atoms with E-state index in [1.54, 1.807) is 30.1 Å². The maximum absolute atomic E-state index is 12.4. The molecule has 1 atom stereocenters. The van der Waals surface area contributed by atoms with E-state index in [1.807, 2.05) is 0 Å². The summed E-state index contributed by atoms with van der Waals surface area (Å²) in [6.45, 7) is 0.598. The van der Waals surface area contributed by atoms with Crippen molar-refractivity contribution in [3.63, 3.8) is 0 Å². The normalized spacial score (nSPS) is 18.5. The van der Waals surface area contributed by atoms with Crippen molar-refractivity contribution in [2.75, 3.05) is 13.6 Å². The Morgan fingerprint density at radius 1 is 1.42 bits per heavy atom. The quantitative estimate of drug-likeness (QED) is 0.895. The second-order valence-electron chi connectivity index (χ2n) is 4.43. The first-order valence-electron chi connectivity index (χ1n) is 6.01. The fourth-order valence-corrected chi connectivity index (χ4v) is 3.15. The standard InChI is InChI=1S/C13H14BrClN2O2/c1-16-12(18)11-3-2-4-17(11)13(19)8-5-9(14)7-10(15)6-8/h5-7,11H,2-4H2,1H3,(H,16,18). The second kappa shape index (κ2) is 5.92. The van der Waals surface area contributed by atoms with E-state index in [9.17, 15) is 9.59 Å². The van der Waals surface area contributed by atoms with Crippen LogP contribution >= 0.6 is 27.5 Å². The van der Waals surface area contributed by atoms with Gasteiger partial charge in [-0.05, 0) is 31.0 Å². The topological polar surface area (TPSA) is 49.4 Å². The Kier molecular flexibility index (Phi) is 4.47. The molecule has 1 aromatic rings. The Morgan fingerprint density at radius 3 is 2.79 bits per heavy atom. The molecule has 0 aliphatic carbocycles. The van der Waals surface area contributed by atoms with Gasteiger partial charge < -0.3 is 10.2 Å². The molecule has 1 N–H and O–H groups in total. The van der Waals surface area contributed by atoms with Gasteiger partial charge in [0.25, 0.3) is 5.91 Å². The highest BCUT2D eigenvalue weighted by Crippen LogP contribution is 2.24. The third kappa shape index (κ3) is 3.09. The molecule has 6 heteroatoms. The van der Waals surface area contributed by atoms with E-state index in [-0.39, 0.29) is 17.9 Å². The zero-order valence-electron chi connectivity index (χ0n) is 10.5. The summed E-state index contributed by atoms with van der Waals surface area (Å²) < 4.78 is 0.749. The molecule has 0 radical (unpaired) electrons. The van der Waals surface area contributed by atoms with Crippen molar-refractivity contribution in [3.05, 3.63) is 33.3 Å². The van der Waals surface area contributed by atoms with Gasteiger partial charge in [-0.15, -0.1) is 0 Å². The molecule has 1 aliphatic rings. The lowest BCUT2D eigenvalue weighted by atomic mass is 10.1. The largest absolute Gasteiger partial charge is 0.357 e. The Morgan fingerprint density at radius 2 is 2.16 bits per heavy atom. The van der Waals surface area contributed by atoms with Crippen molar-refractivity contribution in [1.82, 2.24) is 10.2 Å². The number of hydrogen-bond acceptors (Lipinski definition) is 2.